The van der Waals surface area contributed by atoms with Crippen LogP contribution < -0.4 is 5.32 Å². The Labute approximate surface area is 128 Å². The lowest BCUT2D eigenvalue weighted by atomic mass is 9.92. The van der Waals surface area contributed by atoms with Gasteiger partial charge in [-0.15, -0.1) is 0 Å². The molecular weight excluding hydrogens is 321 g/mol. The van der Waals surface area contributed by atoms with Crippen molar-refractivity contribution in [2.24, 2.45) is 5.92 Å². The van der Waals surface area contributed by atoms with E-state index in [9.17, 15) is 26.4 Å². The number of likely N-dealkylation sites (tertiary alicyclic amines) is 1. The molecule has 2 aliphatic rings. The number of hydrogen-bond donors (Lipinski definition) is 1. The Balaban J connectivity index is 2.24. The first-order valence-electron chi connectivity index (χ1n) is 7.34. The molecular formula is C13H21F3N2O3S. The van der Waals surface area contributed by atoms with Crippen LogP contribution in [-0.4, -0.2) is 62.6 Å². The van der Waals surface area contributed by atoms with E-state index >= 15 is 0 Å². The highest BCUT2D eigenvalue weighted by Crippen LogP contribution is 2.36. The van der Waals surface area contributed by atoms with E-state index in [0.717, 1.165) is 11.2 Å². The summed E-state index contributed by atoms with van der Waals surface area (Å²) in [5.41, 5.74) is 0. The number of amides is 1. The molecule has 1 unspecified atom stereocenters. The quantitative estimate of drug-likeness (QED) is 0.812. The summed E-state index contributed by atoms with van der Waals surface area (Å²) in [6.07, 6.45) is -2.91. The van der Waals surface area contributed by atoms with Gasteiger partial charge in [0.2, 0.25) is 5.91 Å². The summed E-state index contributed by atoms with van der Waals surface area (Å²) in [5, 5.41) is 2.99. The van der Waals surface area contributed by atoms with E-state index in [-0.39, 0.29) is 32.2 Å². The zero-order valence-electron chi connectivity index (χ0n) is 12.4. The molecule has 2 saturated heterocycles. The van der Waals surface area contributed by atoms with Gasteiger partial charge in [0.15, 0.2) is 14.6 Å². The van der Waals surface area contributed by atoms with Gasteiger partial charge in [-0.2, -0.15) is 13.2 Å². The predicted octanol–water partition coefficient (Wildman–Crippen LogP) is 0.954. The summed E-state index contributed by atoms with van der Waals surface area (Å²) in [4.78, 5) is 13.9. The third kappa shape index (κ3) is 3.24. The average Bonchev–Trinajstić information content (AvgIpc) is 2.45. The highest BCUT2D eigenvalue weighted by molar-refractivity contribution is 7.92. The zero-order chi connectivity index (χ0) is 16.6. The second-order valence-corrected chi connectivity index (χ2v) is 8.47. The summed E-state index contributed by atoms with van der Waals surface area (Å²) in [6, 6.07) is 0. The number of nitrogens with zero attached hydrogens (tertiary/aromatic N) is 1. The molecule has 2 rings (SSSR count). The minimum atomic E-state index is -4.36. The van der Waals surface area contributed by atoms with Crippen LogP contribution in [0.5, 0.6) is 0 Å². The number of carbonyl (C=O) groups is 1. The minimum Gasteiger partial charge on any atom is -0.341 e. The maximum atomic E-state index is 12.9. The van der Waals surface area contributed by atoms with Crippen molar-refractivity contribution in [2.75, 3.05) is 32.4 Å². The van der Waals surface area contributed by atoms with Gasteiger partial charge in [0.05, 0.1) is 5.92 Å². The topological polar surface area (TPSA) is 66.5 Å². The second kappa shape index (κ2) is 5.99. The summed E-state index contributed by atoms with van der Waals surface area (Å²) in [6.45, 7) is 0.494. The molecule has 2 fully saturated rings. The maximum absolute atomic E-state index is 12.9. The maximum Gasteiger partial charge on any atom is 0.393 e. The molecule has 0 saturated carbocycles. The van der Waals surface area contributed by atoms with Gasteiger partial charge in [0, 0.05) is 19.3 Å². The van der Waals surface area contributed by atoms with Crippen LogP contribution in [0.2, 0.25) is 0 Å². The molecule has 5 nitrogen and oxygen atoms in total. The third-order valence-electron chi connectivity index (χ3n) is 4.68. The van der Waals surface area contributed by atoms with Crippen molar-refractivity contribution in [2.45, 2.75) is 36.6 Å². The predicted molar refractivity (Wildman–Crippen MR) is 75.0 cm³/mol. The van der Waals surface area contributed by atoms with E-state index in [0.29, 0.717) is 13.1 Å². The second-order valence-electron chi connectivity index (χ2n) is 6.15. The molecule has 0 radical (unpaired) electrons. The summed E-state index contributed by atoms with van der Waals surface area (Å²) in [5.74, 6) is -2.23. The van der Waals surface area contributed by atoms with E-state index in [1.807, 2.05) is 0 Å². The zero-order valence-corrected chi connectivity index (χ0v) is 13.3. The average molecular weight is 342 g/mol. The first-order valence-corrected chi connectivity index (χ1v) is 9.23. The SMILES string of the molecule is CS(=O)(=O)C1(C(=O)N2CCCC(C(F)(F)F)C2)CCNCC1. The number of alkyl halides is 3. The van der Waals surface area contributed by atoms with Gasteiger partial charge >= 0.3 is 6.18 Å². The van der Waals surface area contributed by atoms with Crippen molar-refractivity contribution in [1.82, 2.24) is 10.2 Å². The molecule has 2 heterocycles. The third-order valence-corrected chi connectivity index (χ3v) is 6.68. The lowest BCUT2D eigenvalue weighted by Crippen LogP contribution is -2.60. The van der Waals surface area contributed by atoms with Crippen LogP contribution >= 0.6 is 0 Å². The number of piperidine rings is 2. The Morgan fingerprint density at radius 2 is 1.86 bits per heavy atom. The van der Waals surface area contributed by atoms with Gasteiger partial charge in [-0.1, -0.05) is 0 Å². The molecule has 1 amide bonds. The van der Waals surface area contributed by atoms with Crippen LogP contribution in [0.3, 0.4) is 0 Å². The fourth-order valence-corrected chi connectivity index (χ4v) is 4.68. The van der Waals surface area contributed by atoms with Crippen LogP contribution in [0, 0.1) is 5.92 Å². The molecule has 22 heavy (non-hydrogen) atoms. The lowest BCUT2D eigenvalue weighted by molar-refractivity contribution is -0.188. The number of hydrogen-bond acceptors (Lipinski definition) is 4. The highest BCUT2D eigenvalue weighted by Gasteiger charge is 2.52. The van der Waals surface area contributed by atoms with Crippen molar-refractivity contribution >= 4 is 15.7 Å². The first kappa shape index (κ1) is 17.5. The fraction of sp³-hybridized carbons (Fsp3) is 0.923. The van der Waals surface area contributed by atoms with E-state index in [4.69, 9.17) is 0 Å². The van der Waals surface area contributed by atoms with Crippen LogP contribution in [-0.2, 0) is 14.6 Å². The largest absolute Gasteiger partial charge is 0.393 e. The van der Waals surface area contributed by atoms with Crippen molar-refractivity contribution in [3.63, 3.8) is 0 Å². The number of halogens is 3. The smallest absolute Gasteiger partial charge is 0.341 e. The Morgan fingerprint density at radius 3 is 2.36 bits per heavy atom. The molecule has 0 aromatic rings. The molecule has 9 heteroatoms. The normalized spacial score (nSPS) is 26.7. The molecule has 0 bridgehead atoms. The molecule has 0 aliphatic carbocycles. The van der Waals surface area contributed by atoms with Gasteiger partial charge in [-0.3, -0.25) is 4.79 Å². The van der Waals surface area contributed by atoms with Crippen LogP contribution in [0.15, 0.2) is 0 Å². The minimum absolute atomic E-state index is 0.0132. The van der Waals surface area contributed by atoms with Gasteiger partial charge in [0.1, 0.15) is 0 Å². The number of nitrogens with one attached hydrogen (secondary N) is 1. The molecule has 128 valence electrons. The molecule has 0 spiro atoms. The Morgan fingerprint density at radius 1 is 1.27 bits per heavy atom. The fourth-order valence-electron chi connectivity index (χ4n) is 3.29. The molecule has 2 aliphatic heterocycles. The van der Waals surface area contributed by atoms with E-state index in [1.54, 1.807) is 0 Å². The van der Waals surface area contributed by atoms with Crippen molar-refractivity contribution < 1.29 is 26.4 Å². The van der Waals surface area contributed by atoms with Crippen molar-refractivity contribution in [3.8, 4) is 0 Å². The monoisotopic (exact) mass is 342 g/mol. The van der Waals surface area contributed by atoms with Gasteiger partial charge in [0.25, 0.3) is 0 Å². The van der Waals surface area contributed by atoms with Crippen LogP contribution in [0.4, 0.5) is 13.2 Å². The summed E-state index contributed by atoms with van der Waals surface area (Å²) < 4.78 is 61.4. The van der Waals surface area contributed by atoms with Gasteiger partial charge in [-0.05, 0) is 38.8 Å². The highest BCUT2D eigenvalue weighted by atomic mass is 32.2. The number of carbonyl (C=O) groups excluding carboxylic acids is 1. The summed E-state index contributed by atoms with van der Waals surface area (Å²) in [7, 11) is -3.70. The molecule has 1 N–H and O–H groups in total. The van der Waals surface area contributed by atoms with Crippen LogP contribution in [0.25, 0.3) is 0 Å². The molecule has 1 atom stereocenters. The van der Waals surface area contributed by atoms with Crippen molar-refractivity contribution in [3.05, 3.63) is 0 Å². The van der Waals surface area contributed by atoms with Crippen molar-refractivity contribution in [1.29, 1.82) is 0 Å². The van der Waals surface area contributed by atoms with Crippen LogP contribution in [0.1, 0.15) is 25.7 Å². The molecule has 0 aromatic heterocycles. The molecule has 0 aromatic carbocycles. The van der Waals surface area contributed by atoms with E-state index < -0.39 is 39.1 Å². The summed E-state index contributed by atoms with van der Waals surface area (Å²) >= 11 is 0. The number of sulfone groups is 1. The number of rotatable bonds is 2. The Bertz CT molecular complexity index is 527. The Hall–Kier alpha value is -0.830. The van der Waals surface area contributed by atoms with E-state index in [2.05, 4.69) is 5.32 Å². The van der Waals surface area contributed by atoms with E-state index in [1.165, 1.54) is 0 Å². The first-order chi connectivity index (χ1) is 10.1. The van der Waals surface area contributed by atoms with Gasteiger partial charge < -0.3 is 10.2 Å². The van der Waals surface area contributed by atoms with Gasteiger partial charge in [-0.25, -0.2) is 8.42 Å². The Kier molecular flexibility index (Phi) is 4.77. The standard InChI is InChI=1S/C13H21F3N2O3S/c1-22(20,21)12(4-6-17-7-5-12)11(19)18-8-2-3-10(9-18)13(14,15)16/h10,17H,2-9H2,1H3. The lowest BCUT2D eigenvalue weighted by Gasteiger charge is -2.41.